The van der Waals surface area contributed by atoms with Gasteiger partial charge in [-0.2, -0.15) is 5.26 Å². The molecule has 0 aliphatic rings. The fraction of sp³-hybridized carbons (Fsp3) is 0.143. The number of para-hydroxylation sites is 1. The zero-order valence-corrected chi connectivity index (χ0v) is 16.3. The van der Waals surface area contributed by atoms with Crippen LogP contribution in [0.3, 0.4) is 0 Å². The van der Waals surface area contributed by atoms with Crippen LogP contribution in [0, 0.1) is 11.3 Å². The molecule has 6 nitrogen and oxygen atoms in total. The van der Waals surface area contributed by atoms with Crippen molar-refractivity contribution in [3.05, 3.63) is 65.2 Å². The molecule has 0 aliphatic heterocycles. The average Bonchev–Trinajstić information content (AvgIpc) is 3.03. The number of carbonyl (C=O) groups is 1. The second kappa shape index (κ2) is 7.71. The monoisotopic (exact) mass is 393 g/mol. The van der Waals surface area contributed by atoms with E-state index in [9.17, 15) is 18.5 Å². The van der Waals surface area contributed by atoms with Crippen molar-refractivity contribution < 1.29 is 13.2 Å². The van der Waals surface area contributed by atoms with E-state index >= 15 is 0 Å². The minimum Gasteiger partial charge on any atom is -0.347 e. The van der Waals surface area contributed by atoms with Crippen LogP contribution in [-0.2, 0) is 21.2 Å². The molecule has 3 rings (SSSR count). The number of carbonyl (C=O) groups excluding carboxylic acids is 1. The summed E-state index contributed by atoms with van der Waals surface area (Å²) >= 11 is 0. The van der Waals surface area contributed by atoms with Gasteiger partial charge in [0.25, 0.3) is 0 Å². The summed E-state index contributed by atoms with van der Waals surface area (Å²) in [5.41, 5.74) is 2.14. The summed E-state index contributed by atoms with van der Waals surface area (Å²) in [5, 5.41) is 13.0. The Morgan fingerprint density at radius 1 is 1.18 bits per heavy atom. The third-order valence-corrected chi connectivity index (χ3v) is 6.01. The maximum absolute atomic E-state index is 12.9. The van der Waals surface area contributed by atoms with Gasteiger partial charge in [0.15, 0.2) is 0 Å². The Morgan fingerprint density at radius 2 is 1.86 bits per heavy atom. The van der Waals surface area contributed by atoms with Crippen molar-refractivity contribution in [2.24, 2.45) is 0 Å². The van der Waals surface area contributed by atoms with Gasteiger partial charge < -0.3 is 9.88 Å². The molecule has 1 N–H and O–H groups in total. The Morgan fingerprint density at radius 3 is 2.46 bits per heavy atom. The van der Waals surface area contributed by atoms with E-state index < -0.39 is 9.84 Å². The highest BCUT2D eigenvalue weighted by Crippen LogP contribution is 2.27. The van der Waals surface area contributed by atoms with Gasteiger partial charge in [-0.25, -0.2) is 8.42 Å². The Balaban J connectivity index is 2.05. The zero-order chi connectivity index (χ0) is 20.3. The number of benzene rings is 2. The standard InChI is InChI=1S/C21H19N3O3S/c1-3-24-14-16(20-6-4-5-7-21(20)24)12-19(13-22)28(26,27)18-10-8-17(9-11-18)23-15(2)25/h4-12,14H,3H2,1-2H3,(H,23,25)/b19-12+. The third-order valence-electron chi connectivity index (χ3n) is 4.33. The lowest BCUT2D eigenvalue weighted by atomic mass is 10.1. The van der Waals surface area contributed by atoms with Crippen LogP contribution in [0.25, 0.3) is 17.0 Å². The first-order valence-electron chi connectivity index (χ1n) is 8.69. The SMILES string of the molecule is CCn1cc(/C=C(\C#N)S(=O)(=O)c2ccc(NC(C)=O)cc2)c2ccccc21. The molecule has 0 bridgehead atoms. The van der Waals surface area contributed by atoms with Gasteiger partial charge in [-0.1, -0.05) is 18.2 Å². The van der Waals surface area contributed by atoms with Crippen molar-refractivity contribution in [1.29, 1.82) is 5.26 Å². The van der Waals surface area contributed by atoms with Gasteiger partial charge in [0.05, 0.1) is 4.90 Å². The molecule has 0 atom stereocenters. The van der Waals surface area contributed by atoms with Crippen LogP contribution in [0.4, 0.5) is 5.69 Å². The Bertz CT molecular complexity index is 1210. The van der Waals surface area contributed by atoms with E-state index in [-0.39, 0.29) is 15.7 Å². The van der Waals surface area contributed by atoms with Crippen LogP contribution in [0.15, 0.2) is 64.5 Å². The smallest absolute Gasteiger partial charge is 0.221 e. The van der Waals surface area contributed by atoms with Gasteiger partial charge in [0.1, 0.15) is 11.0 Å². The molecule has 0 spiro atoms. The number of sulfone groups is 1. The van der Waals surface area contributed by atoms with Crippen molar-refractivity contribution in [2.45, 2.75) is 25.3 Å². The van der Waals surface area contributed by atoms with E-state index in [1.54, 1.807) is 0 Å². The summed E-state index contributed by atoms with van der Waals surface area (Å²) in [5.74, 6) is -0.250. The average molecular weight is 393 g/mol. The van der Waals surface area contributed by atoms with Crippen LogP contribution in [-0.4, -0.2) is 18.9 Å². The molecule has 0 aliphatic carbocycles. The molecular formula is C21H19N3O3S. The number of amides is 1. The second-order valence-electron chi connectivity index (χ2n) is 6.22. The van der Waals surface area contributed by atoms with E-state index in [4.69, 9.17) is 0 Å². The molecule has 0 saturated heterocycles. The molecular weight excluding hydrogens is 374 g/mol. The molecule has 1 aromatic heterocycles. The quantitative estimate of drug-likeness (QED) is 0.664. The molecule has 0 fully saturated rings. The van der Waals surface area contributed by atoms with Crippen molar-refractivity contribution in [3.8, 4) is 6.07 Å². The summed E-state index contributed by atoms with van der Waals surface area (Å²) in [6, 6.07) is 15.2. The van der Waals surface area contributed by atoms with Gasteiger partial charge in [0, 0.05) is 41.8 Å². The summed E-state index contributed by atoms with van der Waals surface area (Å²) in [7, 11) is -3.98. The summed E-state index contributed by atoms with van der Waals surface area (Å²) in [6.07, 6.45) is 3.25. The lowest BCUT2D eigenvalue weighted by molar-refractivity contribution is -0.114. The van der Waals surface area contributed by atoms with Gasteiger partial charge in [-0.05, 0) is 43.3 Å². The van der Waals surface area contributed by atoms with E-state index in [0.717, 1.165) is 17.4 Å². The highest BCUT2D eigenvalue weighted by Gasteiger charge is 2.21. The number of nitriles is 1. The number of hydrogen-bond acceptors (Lipinski definition) is 4. The molecule has 1 amide bonds. The van der Waals surface area contributed by atoms with Crippen molar-refractivity contribution in [1.82, 2.24) is 4.57 Å². The van der Waals surface area contributed by atoms with Crippen LogP contribution in [0.2, 0.25) is 0 Å². The molecule has 142 valence electrons. The highest BCUT2D eigenvalue weighted by molar-refractivity contribution is 7.95. The number of aromatic nitrogens is 1. The molecule has 0 saturated carbocycles. The summed E-state index contributed by atoms with van der Waals surface area (Å²) in [4.78, 5) is 10.8. The molecule has 7 heteroatoms. The van der Waals surface area contributed by atoms with Gasteiger partial charge in [0.2, 0.25) is 15.7 Å². The molecule has 0 radical (unpaired) electrons. The summed E-state index contributed by atoms with van der Waals surface area (Å²) in [6.45, 7) is 4.10. The van der Waals surface area contributed by atoms with Crippen LogP contribution in [0.1, 0.15) is 19.4 Å². The minimum absolute atomic E-state index is 0.00590. The van der Waals surface area contributed by atoms with Crippen molar-refractivity contribution in [2.75, 3.05) is 5.32 Å². The predicted octanol–water partition coefficient (Wildman–Crippen LogP) is 3.96. The number of rotatable bonds is 5. The first-order chi connectivity index (χ1) is 13.4. The first-order valence-corrected chi connectivity index (χ1v) is 10.2. The highest BCUT2D eigenvalue weighted by atomic mass is 32.2. The lowest BCUT2D eigenvalue weighted by Gasteiger charge is -2.05. The number of allylic oxidation sites excluding steroid dienone is 1. The van der Waals surface area contributed by atoms with Gasteiger partial charge in [-0.15, -0.1) is 0 Å². The molecule has 0 unspecified atom stereocenters. The second-order valence-corrected chi connectivity index (χ2v) is 8.14. The van der Waals surface area contributed by atoms with Crippen LogP contribution in [0.5, 0.6) is 0 Å². The number of nitrogens with zero attached hydrogens (tertiary/aromatic N) is 2. The third kappa shape index (κ3) is 3.68. The minimum atomic E-state index is -3.98. The maximum atomic E-state index is 12.9. The van der Waals surface area contributed by atoms with Gasteiger partial charge >= 0.3 is 0 Å². The number of fused-ring (bicyclic) bond motifs is 1. The zero-order valence-electron chi connectivity index (χ0n) is 15.5. The fourth-order valence-corrected chi connectivity index (χ4v) is 4.16. The Hall–Kier alpha value is -3.37. The number of anilines is 1. The Kier molecular flexibility index (Phi) is 5.34. The topological polar surface area (TPSA) is 92.0 Å². The molecule has 28 heavy (non-hydrogen) atoms. The predicted molar refractivity (Wildman–Crippen MR) is 109 cm³/mol. The van der Waals surface area contributed by atoms with E-state index in [1.165, 1.54) is 37.3 Å². The van der Waals surface area contributed by atoms with Crippen LogP contribution >= 0.6 is 0 Å². The first kappa shape index (κ1) is 19.4. The fourth-order valence-electron chi connectivity index (χ4n) is 3.01. The molecule has 1 heterocycles. The number of hydrogen-bond donors (Lipinski definition) is 1. The number of aryl methyl sites for hydroxylation is 1. The van der Waals surface area contributed by atoms with E-state index in [2.05, 4.69) is 5.32 Å². The maximum Gasteiger partial charge on any atom is 0.221 e. The van der Waals surface area contributed by atoms with Crippen molar-refractivity contribution >= 4 is 38.4 Å². The largest absolute Gasteiger partial charge is 0.347 e. The van der Waals surface area contributed by atoms with E-state index in [1.807, 2.05) is 48.0 Å². The van der Waals surface area contributed by atoms with E-state index in [0.29, 0.717) is 11.3 Å². The van der Waals surface area contributed by atoms with Crippen LogP contribution < -0.4 is 5.32 Å². The normalized spacial score (nSPS) is 12.0. The Labute approximate surface area is 163 Å². The lowest BCUT2D eigenvalue weighted by Crippen LogP contribution is -2.07. The molecule has 2 aromatic carbocycles. The summed E-state index contributed by atoms with van der Waals surface area (Å²) < 4.78 is 27.9. The number of nitrogens with one attached hydrogen (secondary N) is 1. The molecule has 3 aromatic rings. The van der Waals surface area contributed by atoms with Gasteiger partial charge in [-0.3, -0.25) is 4.79 Å². The van der Waals surface area contributed by atoms with Crippen molar-refractivity contribution in [3.63, 3.8) is 0 Å².